The van der Waals surface area contributed by atoms with Gasteiger partial charge >= 0.3 is 5.97 Å². The molecule has 0 amide bonds. The van der Waals surface area contributed by atoms with Crippen molar-refractivity contribution >= 4 is 29.3 Å². The SMILES string of the molecule is COC(=O)CC1(CSc2ccnc(Cl)c2)CC1. The van der Waals surface area contributed by atoms with E-state index < -0.39 is 0 Å². The van der Waals surface area contributed by atoms with Crippen molar-refractivity contribution in [3.8, 4) is 0 Å². The van der Waals surface area contributed by atoms with Gasteiger partial charge in [-0.05, 0) is 30.4 Å². The minimum atomic E-state index is -0.115. The molecule has 0 atom stereocenters. The van der Waals surface area contributed by atoms with Crippen LogP contribution in [0.25, 0.3) is 0 Å². The molecule has 0 spiro atoms. The highest BCUT2D eigenvalue weighted by molar-refractivity contribution is 7.99. The molecule has 2 rings (SSSR count). The van der Waals surface area contributed by atoms with Crippen molar-refractivity contribution in [2.24, 2.45) is 5.41 Å². The number of halogens is 1. The average Bonchev–Trinajstić information content (AvgIpc) is 3.07. The molecular weight excluding hydrogens is 258 g/mol. The van der Waals surface area contributed by atoms with Gasteiger partial charge in [0.1, 0.15) is 5.15 Å². The molecule has 0 N–H and O–H groups in total. The number of rotatable bonds is 5. The van der Waals surface area contributed by atoms with E-state index in [1.54, 1.807) is 18.0 Å². The standard InChI is InChI=1S/C12H14ClNO2S/c1-16-11(15)7-12(3-4-12)8-17-9-2-5-14-10(13)6-9/h2,5-6H,3-4,7-8H2,1H3. The quantitative estimate of drug-likeness (QED) is 0.468. The number of esters is 1. The van der Waals surface area contributed by atoms with Crippen molar-refractivity contribution < 1.29 is 9.53 Å². The maximum atomic E-state index is 11.3. The fourth-order valence-corrected chi connectivity index (χ4v) is 3.09. The maximum absolute atomic E-state index is 11.3. The number of aromatic nitrogens is 1. The number of ether oxygens (including phenoxy) is 1. The molecule has 0 aromatic carbocycles. The van der Waals surface area contributed by atoms with E-state index in [1.807, 2.05) is 12.1 Å². The summed E-state index contributed by atoms with van der Waals surface area (Å²) < 4.78 is 4.72. The highest BCUT2D eigenvalue weighted by atomic mass is 35.5. The molecular formula is C12H14ClNO2S. The lowest BCUT2D eigenvalue weighted by Crippen LogP contribution is -2.12. The molecule has 0 unspecified atom stereocenters. The lowest BCUT2D eigenvalue weighted by Gasteiger charge is -2.12. The van der Waals surface area contributed by atoms with Gasteiger partial charge < -0.3 is 4.74 Å². The summed E-state index contributed by atoms with van der Waals surface area (Å²) in [4.78, 5) is 16.3. The molecule has 1 aliphatic carbocycles. The van der Waals surface area contributed by atoms with Crippen LogP contribution in [-0.2, 0) is 9.53 Å². The van der Waals surface area contributed by atoms with Crippen LogP contribution < -0.4 is 0 Å². The van der Waals surface area contributed by atoms with E-state index in [0.717, 1.165) is 23.5 Å². The molecule has 17 heavy (non-hydrogen) atoms. The molecule has 0 saturated heterocycles. The molecule has 1 fully saturated rings. The van der Waals surface area contributed by atoms with Crippen LogP contribution in [0.15, 0.2) is 23.2 Å². The number of hydrogen-bond acceptors (Lipinski definition) is 4. The second-order valence-electron chi connectivity index (χ2n) is 4.36. The van der Waals surface area contributed by atoms with Gasteiger partial charge in [0.25, 0.3) is 0 Å². The summed E-state index contributed by atoms with van der Waals surface area (Å²) >= 11 is 7.54. The molecule has 0 bridgehead atoms. The summed E-state index contributed by atoms with van der Waals surface area (Å²) in [5.41, 5.74) is 0.146. The number of thioether (sulfide) groups is 1. The minimum absolute atomic E-state index is 0.115. The molecule has 1 saturated carbocycles. The second-order valence-corrected chi connectivity index (χ2v) is 5.79. The van der Waals surface area contributed by atoms with Gasteiger partial charge in [-0.3, -0.25) is 4.79 Å². The smallest absolute Gasteiger partial charge is 0.306 e. The van der Waals surface area contributed by atoms with Crippen LogP contribution >= 0.6 is 23.4 Å². The van der Waals surface area contributed by atoms with Gasteiger partial charge in [-0.25, -0.2) is 4.98 Å². The Morgan fingerprint density at radius 1 is 1.65 bits per heavy atom. The van der Waals surface area contributed by atoms with Crippen LogP contribution in [-0.4, -0.2) is 23.8 Å². The van der Waals surface area contributed by atoms with Crippen molar-refractivity contribution in [1.82, 2.24) is 4.98 Å². The van der Waals surface area contributed by atoms with Gasteiger partial charge in [-0.15, -0.1) is 11.8 Å². The first-order valence-corrected chi connectivity index (χ1v) is 6.81. The Balaban J connectivity index is 1.88. The second kappa shape index (κ2) is 5.27. The Morgan fingerprint density at radius 3 is 3.00 bits per heavy atom. The summed E-state index contributed by atoms with van der Waals surface area (Å²) in [5, 5.41) is 0.507. The van der Waals surface area contributed by atoms with Crippen molar-refractivity contribution in [2.75, 3.05) is 12.9 Å². The predicted octanol–water partition coefficient (Wildman–Crippen LogP) is 3.17. The average molecular weight is 272 g/mol. The zero-order valence-electron chi connectivity index (χ0n) is 9.61. The van der Waals surface area contributed by atoms with Gasteiger partial charge in [0.2, 0.25) is 0 Å². The molecule has 1 heterocycles. The van der Waals surface area contributed by atoms with Crippen LogP contribution in [0.2, 0.25) is 5.15 Å². The van der Waals surface area contributed by atoms with Gasteiger partial charge in [0, 0.05) is 16.8 Å². The van der Waals surface area contributed by atoms with Crippen molar-refractivity contribution in [3.63, 3.8) is 0 Å². The largest absolute Gasteiger partial charge is 0.469 e. The third-order valence-electron chi connectivity index (χ3n) is 2.95. The summed E-state index contributed by atoms with van der Waals surface area (Å²) in [5.74, 6) is 0.818. The maximum Gasteiger partial charge on any atom is 0.306 e. The summed E-state index contributed by atoms with van der Waals surface area (Å²) in [7, 11) is 1.44. The number of pyridine rings is 1. The Bertz CT molecular complexity index is 421. The van der Waals surface area contributed by atoms with E-state index in [2.05, 4.69) is 4.98 Å². The lowest BCUT2D eigenvalue weighted by molar-refractivity contribution is -0.141. The van der Waals surface area contributed by atoms with E-state index in [4.69, 9.17) is 16.3 Å². The van der Waals surface area contributed by atoms with Gasteiger partial charge in [0.05, 0.1) is 13.5 Å². The minimum Gasteiger partial charge on any atom is -0.469 e. The van der Waals surface area contributed by atoms with Gasteiger partial charge in [-0.1, -0.05) is 11.6 Å². The monoisotopic (exact) mass is 271 g/mol. The van der Waals surface area contributed by atoms with E-state index in [0.29, 0.717) is 11.6 Å². The fraction of sp³-hybridized carbons (Fsp3) is 0.500. The van der Waals surface area contributed by atoms with Crippen LogP contribution in [0.1, 0.15) is 19.3 Å². The highest BCUT2D eigenvalue weighted by Crippen LogP contribution is 2.52. The summed E-state index contributed by atoms with van der Waals surface area (Å²) in [6.07, 6.45) is 4.43. The lowest BCUT2D eigenvalue weighted by atomic mass is 10.1. The first-order valence-electron chi connectivity index (χ1n) is 5.45. The number of carbonyl (C=O) groups is 1. The van der Waals surface area contributed by atoms with E-state index >= 15 is 0 Å². The number of carbonyl (C=O) groups excluding carboxylic acids is 1. The number of hydrogen-bond donors (Lipinski definition) is 0. The van der Waals surface area contributed by atoms with E-state index in [1.165, 1.54) is 7.11 Å². The zero-order chi connectivity index (χ0) is 12.3. The molecule has 1 aliphatic rings. The molecule has 5 heteroatoms. The van der Waals surface area contributed by atoms with E-state index in [-0.39, 0.29) is 11.4 Å². The summed E-state index contributed by atoms with van der Waals surface area (Å²) in [6, 6.07) is 3.78. The zero-order valence-corrected chi connectivity index (χ0v) is 11.2. The fourth-order valence-electron chi connectivity index (χ4n) is 1.64. The van der Waals surface area contributed by atoms with Crippen molar-refractivity contribution in [1.29, 1.82) is 0 Å². The Labute approximate surface area is 110 Å². The molecule has 1 aromatic heterocycles. The normalized spacial score (nSPS) is 16.6. The Hall–Kier alpha value is -0.740. The molecule has 3 nitrogen and oxygen atoms in total. The Kier molecular flexibility index (Phi) is 3.94. The molecule has 0 radical (unpaired) electrons. The first kappa shape index (κ1) is 12.7. The van der Waals surface area contributed by atoms with Gasteiger partial charge in [0.15, 0.2) is 0 Å². The van der Waals surface area contributed by atoms with Crippen molar-refractivity contribution in [2.45, 2.75) is 24.2 Å². The third-order valence-corrected chi connectivity index (χ3v) is 4.50. The van der Waals surface area contributed by atoms with Crippen LogP contribution in [0.4, 0.5) is 0 Å². The molecule has 1 aromatic rings. The highest BCUT2D eigenvalue weighted by Gasteiger charge is 2.44. The molecule has 0 aliphatic heterocycles. The van der Waals surface area contributed by atoms with Crippen molar-refractivity contribution in [3.05, 3.63) is 23.5 Å². The number of nitrogens with zero attached hydrogens (tertiary/aromatic N) is 1. The number of methoxy groups -OCH3 is 1. The topological polar surface area (TPSA) is 39.2 Å². The van der Waals surface area contributed by atoms with Gasteiger partial charge in [-0.2, -0.15) is 0 Å². The predicted molar refractivity (Wildman–Crippen MR) is 68.3 cm³/mol. The van der Waals surface area contributed by atoms with Crippen LogP contribution in [0, 0.1) is 5.41 Å². The van der Waals surface area contributed by atoms with Crippen LogP contribution in [0.3, 0.4) is 0 Å². The molecule has 92 valence electrons. The first-order chi connectivity index (χ1) is 8.13. The van der Waals surface area contributed by atoms with E-state index in [9.17, 15) is 4.79 Å². The van der Waals surface area contributed by atoms with Crippen LogP contribution in [0.5, 0.6) is 0 Å². The Morgan fingerprint density at radius 2 is 2.41 bits per heavy atom. The third kappa shape index (κ3) is 3.61. The summed E-state index contributed by atoms with van der Waals surface area (Å²) in [6.45, 7) is 0.